The van der Waals surface area contributed by atoms with Gasteiger partial charge in [0, 0.05) is 30.1 Å². The topological polar surface area (TPSA) is 195 Å². The number of alkyl carbamates (subject to hydrolysis) is 1. The van der Waals surface area contributed by atoms with E-state index in [1.54, 1.807) is 6.92 Å². The summed E-state index contributed by atoms with van der Waals surface area (Å²) in [6, 6.07) is -0.719. The number of amides is 4. The molecular formula is C41H61N7O7S. The molecule has 6 rings (SSSR count). The Labute approximate surface area is 335 Å². The van der Waals surface area contributed by atoms with Crippen LogP contribution in [0.25, 0.3) is 10.4 Å². The van der Waals surface area contributed by atoms with Crippen molar-refractivity contribution in [3.05, 3.63) is 21.7 Å². The van der Waals surface area contributed by atoms with Crippen LogP contribution in [0.1, 0.15) is 105 Å². The van der Waals surface area contributed by atoms with Gasteiger partial charge < -0.3 is 30.5 Å². The van der Waals surface area contributed by atoms with Crippen LogP contribution < -0.4 is 16.0 Å². The Morgan fingerprint density at radius 1 is 1.09 bits per heavy atom. The predicted octanol–water partition coefficient (Wildman–Crippen LogP) is 5.62. The van der Waals surface area contributed by atoms with Gasteiger partial charge in [0.15, 0.2) is 0 Å². The first-order chi connectivity index (χ1) is 26.8. The van der Waals surface area contributed by atoms with Crippen molar-refractivity contribution in [2.75, 3.05) is 32.1 Å². The number of carbonyl (C=O) groups excluding carboxylic acids is 4. The molecule has 5 fully saturated rings. The molecule has 0 bridgehead atoms. The van der Waals surface area contributed by atoms with Crippen molar-refractivity contribution in [3.8, 4) is 12.3 Å². The van der Waals surface area contributed by atoms with Crippen LogP contribution in [-0.4, -0.2) is 89.6 Å². The lowest BCUT2D eigenvalue weighted by Gasteiger charge is -2.61. The van der Waals surface area contributed by atoms with E-state index in [0.717, 1.165) is 43.4 Å². The number of hydrogen-bond acceptors (Lipinski definition) is 9. The zero-order valence-electron chi connectivity index (χ0n) is 33.5. The second kappa shape index (κ2) is 18.0. The summed E-state index contributed by atoms with van der Waals surface area (Å²) in [5.74, 6) is 5.79. The van der Waals surface area contributed by atoms with Crippen LogP contribution in [0.2, 0.25) is 0 Å². The van der Waals surface area contributed by atoms with Gasteiger partial charge in [-0.2, -0.15) is 0 Å². The standard InChI is InChI=1S/C41H61N7O7S/c1-6-7-32(45-39(53)55-21-20-54-19-18-43-47-42)44-36(51)35-25(3)23-56-38-34(37(52)48(35)38)46-33(50)13-8-24(2)29-11-12-30-28-10-9-26-22-27(49)14-16-40(26,4)31(28)15-17-41(29,30)5/h1,24,26-32,34,38,49H,7-23H2,2-5H3,(H,44,51)(H,45,53)(H,46,50)/t24-,26-,27-,28+,29-,30+,31+,32?,34?,38?,40+,41-/m1/s1. The lowest BCUT2D eigenvalue weighted by molar-refractivity contribution is -0.148. The molecule has 0 aromatic rings. The van der Waals surface area contributed by atoms with E-state index < -0.39 is 29.6 Å². The molecule has 14 nitrogen and oxygen atoms in total. The fourth-order valence-electron chi connectivity index (χ4n) is 11.9. The van der Waals surface area contributed by atoms with Crippen LogP contribution >= 0.6 is 11.8 Å². The Kier molecular flexibility index (Phi) is 13.6. The molecule has 0 radical (unpaired) electrons. The quantitative estimate of drug-likeness (QED) is 0.0312. The van der Waals surface area contributed by atoms with Crippen molar-refractivity contribution in [1.29, 1.82) is 0 Å². The first-order valence-corrected chi connectivity index (χ1v) is 21.7. The minimum atomic E-state index is -0.953. The molecule has 1 saturated heterocycles. The van der Waals surface area contributed by atoms with Gasteiger partial charge in [0.05, 0.1) is 19.3 Å². The first kappa shape index (κ1) is 42.2. The number of β-lactam (4-membered cyclic amide) rings is 1. The summed E-state index contributed by atoms with van der Waals surface area (Å²) in [7, 11) is 0. The summed E-state index contributed by atoms with van der Waals surface area (Å²) in [6.45, 7) is 9.56. The molecule has 0 aromatic carbocycles. The molecule has 4 saturated carbocycles. The summed E-state index contributed by atoms with van der Waals surface area (Å²) < 4.78 is 10.3. The van der Waals surface area contributed by atoms with E-state index in [1.165, 1.54) is 55.2 Å². The van der Waals surface area contributed by atoms with Crippen molar-refractivity contribution >= 4 is 35.6 Å². The molecule has 15 heteroatoms. The third kappa shape index (κ3) is 8.54. The van der Waals surface area contributed by atoms with E-state index >= 15 is 0 Å². The van der Waals surface area contributed by atoms with Crippen LogP contribution in [0, 0.1) is 58.7 Å². The second-order valence-corrected chi connectivity index (χ2v) is 18.8. The number of carbonyl (C=O) groups is 4. The lowest BCUT2D eigenvalue weighted by Crippen LogP contribution is -2.71. The molecule has 56 heavy (non-hydrogen) atoms. The summed E-state index contributed by atoms with van der Waals surface area (Å²) in [5.41, 5.74) is 9.85. The SMILES string of the molecule is C#CCC(NC(=O)OCCOCCN=[N+]=[N-])NC(=O)C1=C(C)CSC2C(NC(=O)CC[C@@H](C)[C@H]3CC[C@H]4[C@@H]5CC[C@@H]6C[C@H](O)CC[C@]6(C)[C@H]5CC[C@]34C)C(=O)N12. The lowest BCUT2D eigenvalue weighted by atomic mass is 9.44. The molecule has 308 valence electrons. The number of hydrogen-bond donors (Lipinski definition) is 4. The number of fused-ring (bicyclic) bond motifs is 6. The fourth-order valence-corrected chi connectivity index (χ4v) is 13.2. The molecule has 2 heterocycles. The molecule has 6 aliphatic rings. The van der Waals surface area contributed by atoms with Gasteiger partial charge in [-0.1, -0.05) is 25.9 Å². The third-order valence-corrected chi connectivity index (χ3v) is 16.1. The summed E-state index contributed by atoms with van der Waals surface area (Å²) in [4.78, 5) is 56.9. The van der Waals surface area contributed by atoms with E-state index in [2.05, 4.69) is 52.7 Å². The zero-order chi connectivity index (χ0) is 40.2. The molecule has 3 unspecified atom stereocenters. The molecule has 4 N–H and O–H groups in total. The van der Waals surface area contributed by atoms with Crippen LogP contribution in [0.15, 0.2) is 16.4 Å². The van der Waals surface area contributed by atoms with E-state index in [9.17, 15) is 24.3 Å². The smallest absolute Gasteiger partial charge is 0.408 e. The molecule has 4 aliphatic carbocycles. The number of rotatable bonds is 15. The number of nitrogens with one attached hydrogen (secondary N) is 3. The Morgan fingerprint density at radius 3 is 2.62 bits per heavy atom. The highest BCUT2D eigenvalue weighted by Crippen LogP contribution is 2.68. The van der Waals surface area contributed by atoms with Crippen LogP contribution in [0.5, 0.6) is 0 Å². The monoisotopic (exact) mass is 795 g/mol. The Morgan fingerprint density at radius 2 is 1.86 bits per heavy atom. The van der Waals surface area contributed by atoms with Crippen molar-refractivity contribution in [2.45, 2.75) is 128 Å². The molecule has 2 aliphatic heterocycles. The summed E-state index contributed by atoms with van der Waals surface area (Å²) in [5, 5.41) is 21.6. The van der Waals surface area contributed by atoms with Gasteiger partial charge in [-0.05, 0) is 129 Å². The van der Waals surface area contributed by atoms with Crippen molar-refractivity contribution in [3.63, 3.8) is 0 Å². The van der Waals surface area contributed by atoms with Crippen molar-refractivity contribution in [1.82, 2.24) is 20.9 Å². The second-order valence-electron chi connectivity index (χ2n) is 17.7. The third-order valence-electron chi connectivity index (χ3n) is 14.7. The number of aliphatic hydroxyl groups is 1. The van der Waals surface area contributed by atoms with Crippen LogP contribution in [0.3, 0.4) is 0 Å². The molecule has 12 atom stereocenters. The predicted molar refractivity (Wildman–Crippen MR) is 212 cm³/mol. The first-order valence-electron chi connectivity index (χ1n) is 20.7. The minimum Gasteiger partial charge on any atom is -0.447 e. The maximum Gasteiger partial charge on any atom is 0.408 e. The number of aliphatic hydroxyl groups excluding tert-OH is 1. The average molecular weight is 796 g/mol. The minimum absolute atomic E-state index is 0.0214. The van der Waals surface area contributed by atoms with Crippen LogP contribution in [0.4, 0.5) is 4.79 Å². The highest BCUT2D eigenvalue weighted by molar-refractivity contribution is 8.00. The number of ether oxygens (including phenoxy) is 2. The number of azide groups is 1. The van der Waals surface area contributed by atoms with Crippen LogP contribution in [-0.2, 0) is 23.9 Å². The molecule has 0 aromatic heterocycles. The zero-order valence-corrected chi connectivity index (χ0v) is 34.3. The van der Waals surface area contributed by atoms with Gasteiger partial charge in [-0.3, -0.25) is 19.3 Å². The average Bonchev–Trinajstić information content (AvgIpc) is 3.53. The Bertz CT molecular complexity index is 1630. The maximum absolute atomic E-state index is 13.5. The molecule has 4 amide bonds. The number of thioether (sulfide) groups is 1. The van der Waals surface area contributed by atoms with E-state index in [0.29, 0.717) is 46.3 Å². The maximum atomic E-state index is 13.5. The fraction of sp³-hybridized carbons (Fsp3) is 0.805. The Hall–Kier alpha value is -3.44. The Balaban J connectivity index is 0.970. The summed E-state index contributed by atoms with van der Waals surface area (Å²) >= 11 is 1.51. The van der Waals surface area contributed by atoms with E-state index in [1.807, 2.05) is 0 Å². The largest absolute Gasteiger partial charge is 0.447 e. The highest BCUT2D eigenvalue weighted by atomic mass is 32.2. The molecule has 0 spiro atoms. The van der Waals surface area contributed by atoms with Crippen molar-refractivity contribution in [2.24, 2.45) is 51.5 Å². The summed E-state index contributed by atoms with van der Waals surface area (Å²) in [6.07, 6.45) is 15.4. The van der Waals surface area contributed by atoms with E-state index in [-0.39, 0.29) is 56.4 Å². The van der Waals surface area contributed by atoms with Gasteiger partial charge in [-0.15, -0.1) is 24.1 Å². The number of nitrogens with zero attached hydrogens (tertiary/aromatic N) is 4. The molecular weight excluding hydrogens is 735 g/mol. The van der Waals surface area contributed by atoms with Crippen molar-refractivity contribution < 1.29 is 33.8 Å². The normalized spacial score (nSPS) is 35.5. The highest BCUT2D eigenvalue weighted by Gasteiger charge is 2.61. The van der Waals surface area contributed by atoms with Gasteiger partial charge in [0.2, 0.25) is 5.91 Å². The van der Waals surface area contributed by atoms with Gasteiger partial charge in [0.25, 0.3) is 11.8 Å². The van der Waals surface area contributed by atoms with E-state index in [4.69, 9.17) is 21.4 Å². The number of terminal acetylenes is 1. The van der Waals surface area contributed by atoms with Gasteiger partial charge in [-0.25, -0.2) is 4.79 Å². The van der Waals surface area contributed by atoms with Gasteiger partial charge in [0.1, 0.15) is 29.9 Å². The van der Waals surface area contributed by atoms with Gasteiger partial charge >= 0.3 is 6.09 Å².